The first-order valence-corrected chi connectivity index (χ1v) is 7.87. The van der Waals surface area contributed by atoms with E-state index in [9.17, 15) is 4.79 Å². The van der Waals surface area contributed by atoms with Gasteiger partial charge in [0, 0.05) is 46.3 Å². The molecule has 2 aromatic heterocycles. The lowest BCUT2D eigenvalue weighted by atomic mass is 10.2. The van der Waals surface area contributed by atoms with Gasteiger partial charge in [0.05, 0.1) is 17.6 Å². The maximum Gasteiger partial charge on any atom is 0.276 e. The lowest BCUT2D eigenvalue weighted by molar-refractivity contribution is 0.102. The molecule has 6 heteroatoms. The Hall–Kier alpha value is -3.28. The number of benzene rings is 1. The van der Waals surface area contributed by atoms with E-state index in [1.54, 1.807) is 25.5 Å². The first kappa shape index (κ1) is 16.6. The monoisotopic (exact) mass is 337 g/mol. The summed E-state index contributed by atoms with van der Waals surface area (Å²) in [5.74, 6) is -0.286. The van der Waals surface area contributed by atoms with Crippen LogP contribution in [0.25, 0.3) is 11.3 Å². The Balaban J connectivity index is 0.00000182. The number of nitrogens with one attached hydrogen (secondary N) is 1. The van der Waals surface area contributed by atoms with Crippen molar-refractivity contribution in [2.24, 2.45) is 0 Å². The smallest absolute Gasteiger partial charge is 0.276 e. The Morgan fingerprint density at radius 3 is 2.72 bits per heavy atom. The van der Waals surface area contributed by atoms with Crippen molar-refractivity contribution in [2.45, 2.75) is 6.92 Å². The molecule has 0 fully saturated rings. The van der Waals surface area contributed by atoms with Gasteiger partial charge in [-0.2, -0.15) is 0 Å². The number of nitrogens with zero attached hydrogens (tertiary/aromatic N) is 4. The maximum atomic E-state index is 12.7. The molecule has 1 N–H and O–H groups in total. The zero-order valence-electron chi connectivity index (χ0n) is 14.4. The normalized spacial score (nSPS) is 10.4. The van der Waals surface area contributed by atoms with E-state index in [1.165, 1.54) is 0 Å². The van der Waals surface area contributed by atoms with Crippen molar-refractivity contribution in [3.63, 3.8) is 0 Å². The van der Waals surface area contributed by atoms with E-state index < -0.39 is 0 Å². The Bertz CT molecular complexity index is 904. The number of carbonyl (C=O) groups excluding carboxylic acids is 1. The summed E-state index contributed by atoms with van der Waals surface area (Å²) >= 11 is 0. The van der Waals surface area contributed by atoms with Gasteiger partial charge in [-0.3, -0.25) is 14.8 Å². The highest BCUT2D eigenvalue weighted by molar-refractivity contribution is 6.04. The second-order valence-electron chi connectivity index (χ2n) is 5.83. The lowest BCUT2D eigenvalue weighted by Gasteiger charge is -2.14. The molecule has 0 saturated carbocycles. The molecule has 0 radical (unpaired) electrons. The van der Waals surface area contributed by atoms with Gasteiger partial charge in [0.2, 0.25) is 0 Å². The summed E-state index contributed by atoms with van der Waals surface area (Å²) in [7, 11) is 3.90. The molecule has 2 heterocycles. The summed E-state index contributed by atoms with van der Waals surface area (Å²) in [5, 5.41) is 2.89. The molecule has 0 aliphatic rings. The lowest BCUT2D eigenvalue weighted by Crippen LogP contribution is -2.17. The summed E-state index contributed by atoms with van der Waals surface area (Å²) in [6.45, 7) is 1.77. The molecule has 0 aliphatic carbocycles. The molecule has 0 bridgehead atoms. The standard InChI is InChI=1S/C19H19N5O.2H2/c1-13-18(23-17(12-21-13)14-6-5-9-20-11-14)19(25)22-15-7-4-8-16(10-15)24(2)3;;/h4-12H,1-3H3,(H,22,25);2*1H. The molecule has 0 spiro atoms. The highest BCUT2D eigenvalue weighted by atomic mass is 16.1. The highest BCUT2D eigenvalue weighted by Gasteiger charge is 2.14. The number of carbonyl (C=O) groups is 1. The van der Waals surface area contributed by atoms with E-state index in [0.29, 0.717) is 22.8 Å². The molecule has 130 valence electrons. The molecular formula is C19H23N5O. The van der Waals surface area contributed by atoms with Crippen molar-refractivity contribution >= 4 is 17.3 Å². The zero-order valence-corrected chi connectivity index (χ0v) is 14.4. The van der Waals surface area contributed by atoms with Crippen LogP contribution in [0.2, 0.25) is 0 Å². The van der Waals surface area contributed by atoms with Gasteiger partial charge >= 0.3 is 0 Å². The Kier molecular flexibility index (Phi) is 4.70. The van der Waals surface area contributed by atoms with Crippen LogP contribution >= 0.6 is 0 Å². The molecule has 1 amide bonds. The Morgan fingerprint density at radius 1 is 1.16 bits per heavy atom. The fraction of sp³-hybridized carbons (Fsp3) is 0.158. The minimum Gasteiger partial charge on any atom is -0.378 e. The summed E-state index contributed by atoms with van der Waals surface area (Å²) in [6, 6.07) is 11.3. The van der Waals surface area contributed by atoms with Gasteiger partial charge < -0.3 is 10.2 Å². The van der Waals surface area contributed by atoms with E-state index in [1.807, 2.05) is 55.4 Å². The largest absolute Gasteiger partial charge is 0.378 e. The molecular weight excluding hydrogens is 314 g/mol. The van der Waals surface area contributed by atoms with Crippen molar-refractivity contribution < 1.29 is 7.65 Å². The molecule has 0 aliphatic heterocycles. The minimum absolute atomic E-state index is 0. The predicted molar refractivity (Wildman–Crippen MR) is 103 cm³/mol. The van der Waals surface area contributed by atoms with Crippen LogP contribution in [-0.4, -0.2) is 35.0 Å². The van der Waals surface area contributed by atoms with Gasteiger partial charge in [0.1, 0.15) is 5.69 Å². The number of aromatic nitrogens is 3. The number of anilines is 2. The average molecular weight is 337 g/mol. The van der Waals surface area contributed by atoms with E-state index in [0.717, 1.165) is 11.3 Å². The number of hydrogen-bond acceptors (Lipinski definition) is 5. The van der Waals surface area contributed by atoms with Crippen LogP contribution in [0.15, 0.2) is 55.0 Å². The molecule has 6 nitrogen and oxygen atoms in total. The topological polar surface area (TPSA) is 71.0 Å². The fourth-order valence-corrected chi connectivity index (χ4v) is 2.37. The quantitative estimate of drug-likeness (QED) is 0.787. The van der Waals surface area contributed by atoms with Crippen LogP contribution in [-0.2, 0) is 0 Å². The van der Waals surface area contributed by atoms with Gasteiger partial charge in [-0.25, -0.2) is 4.98 Å². The molecule has 3 aromatic rings. The van der Waals surface area contributed by atoms with Crippen molar-refractivity contribution in [1.82, 2.24) is 15.0 Å². The summed E-state index contributed by atoms with van der Waals surface area (Å²) in [4.78, 5) is 27.5. The van der Waals surface area contributed by atoms with Crippen LogP contribution in [0.4, 0.5) is 11.4 Å². The summed E-state index contributed by atoms with van der Waals surface area (Å²) in [5.41, 5.74) is 4.03. The minimum atomic E-state index is -0.286. The van der Waals surface area contributed by atoms with Crippen LogP contribution in [0.3, 0.4) is 0 Å². The first-order valence-electron chi connectivity index (χ1n) is 7.87. The molecule has 25 heavy (non-hydrogen) atoms. The third-order valence-corrected chi connectivity index (χ3v) is 3.75. The third-order valence-electron chi connectivity index (χ3n) is 3.75. The molecule has 0 unspecified atom stereocenters. The van der Waals surface area contributed by atoms with Gasteiger partial charge in [0.15, 0.2) is 0 Å². The van der Waals surface area contributed by atoms with E-state index in [-0.39, 0.29) is 8.76 Å². The Labute approximate surface area is 149 Å². The molecule has 1 aromatic carbocycles. The number of rotatable bonds is 4. The summed E-state index contributed by atoms with van der Waals surface area (Å²) < 4.78 is 0. The van der Waals surface area contributed by atoms with Crippen molar-refractivity contribution in [2.75, 3.05) is 24.3 Å². The molecule has 0 saturated heterocycles. The zero-order chi connectivity index (χ0) is 17.8. The maximum absolute atomic E-state index is 12.7. The summed E-state index contributed by atoms with van der Waals surface area (Å²) in [6.07, 6.45) is 5.04. The van der Waals surface area contributed by atoms with Crippen LogP contribution in [0.1, 0.15) is 19.0 Å². The van der Waals surface area contributed by atoms with Gasteiger partial charge in [0.25, 0.3) is 5.91 Å². The molecule has 3 rings (SSSR count). The first-order chi connectivity index (χ1) is 12.0. The third kappa shape index (κ3) is 3.80. The number of aryl methyl sites for hydroxylation is 1. The number of pyridine rings is 1. The van der Waals surface area contributed by atoms with Crippen LogP contribution in [0.5, 0.6) is 0 Å². The van der Waals surface area contributed by atoms with E-state index in [4.69, 9.17) is 0 Å². The average Bonchev–Trinajstić information content (AvgIpc) is 2.63. The second kappa shape index (κ2) is 7.09. The SMILES string of the molecule is Cc1ncc(-c2cccnc2)nc1C(=O)Nc1cccc(N(C)C)c1.[HH].[HH]. The number of hydrogen-bond donors (Lipinski definition) is 1. The van der Waals surface area contributed by atoms with Gasteiger partial charge in [-0.05, 0) is 37.3 Å². The Morgan fingerprint density at radius 2 is 2.00 bits per heavy atom. The second-order valence-corrected chi connectivity index (χ2v) is 5.83. The van der Waals surface area contributed by atoms with E-state index in [2.05, 4.69) is 20.3 Å². The van der Waals surface area contributed by atoms with Gasteiger partial charge in [-0.15, -0.1) is 0 Å². The predicted octanol–water partition coefficient (Wildman–Crippen LogP) is 3.66. The fourth-order valence-electron chi connectivity index (χ4n) is 2.37. The van der Waals surface area contributed by atoms with E-state index >= 15 is 0 Å². The van der Waals surface area contributed by atoms with Crippen LogP contribution < -0.4 is 10.2 Å². The molecule has 0 atom stereocenters. The highest BCUT2D eigenvalue weighted by Crippen LogP contribution is 2.19. The van der Waals surface area contributed by atoms with Crippen molar-refractivity contribution in [3.8, 4) is 11.3 Å². The van der Waals surface area contributed by atoms with Crippen LogP contribution in [0, 0.1) is 6.92 Å². The van der Waals surface area contributed by atoms with Crippen molar-refractivity contribution in [3.05, 3.63) is 66.4 Å². The van der Waals surface area contributed by atoms with Gasteiger partial charge in [-0.1, -0.05) is 6.07 Å². The number of amides is 1. The van der Waals surface area contributed by atoms with Crippen molar-refractivity contribution in [1.29, 1.82) is 0 Å².